The minimum Gasteiger partial charge on any atom is -0.461 e. The third kappa shape index (κ3) is 5.26. The number of sulfonamides is 1. The van der Waals surface area contributed by atoms with Gasteiger partial charge in [0.15, 0.2) is 16.7 Å². The zero-order chi connectivity index (χ0) is 24.1. The lowest BCUT2D eigenvalue weighted by Gasteiger charge is -2.13. The molecule has 0 radical (unpaired) electrons. The molecule has 34 heavy (non-hydrogen) atoms. The second-order valence-electron chi connectivity index (χ2n) is 6.98. The second kappa shape index (κ2) is 10.1. The Bertz CT molecular complexity index is 1360. The Balaban J connectivity index is 1.40. The minimum atomic E-state index is -3.86. The van der Waals surface area contributed by atoms with Crippen molar-refractivity contribution in [1.82, 2.24) is 24.7 Å². The van der Waals surface area contributed by atoms with Crippen molar-refractivity contribution in [2.45, 2.75) is 35.7 Å². The van der Waals surface area contributed by atoms with Crippen LogP contribution in [0.15, 0.2) is 75.6 Å². The first-order valence-corrected chi connectivity index (χ1v) is 12.6. The van der Waals surface area contributed by atoms with Crippen LogP contribution in [0.2, 0.25) is 0 Å². The fraction of sp³-hybridized carbons (Fsp3) is 0.190. The van der Waals surface area contributed by atoms with Crippen LogP contribution in [0.4, 0.5) is 11.6 Å². The molecule has 11 nitrogen and oxygen atoms in total. The van der Waals surface area contributed by atoms with E-state index in [9.17, 15) is 13.2 Å². The lowest BCUT2D eigenvalue weighted by Crippen LogP contribution is -2.23. The summed E-state index contributed by atoms with van der Waals surface area (Å²) in [4.78, 5) is 20.4. The maximum Gasteiger partial charge on any atom is 0.264 e. The summed E-state index contributed by atoms with van der Waals surface area (Å²) in [6.45, 7) is 4.32. The van der Waals surface area contributed by atoms with E-state index in [4.69, 9.17) is 4.42 Å². The number of benzene rings is 1. The maximum atomic E-state index is 12.7. The molecule has 0 saturated carbocycles. The molecule has 13 heteroatoms. The highest BCUT2D eigenvalue weighted by Gasteiger charge is 2.22. The lowest BCUT2D eigenvalue weighted by atomic mass is 10.3. The standard InChI is InChI=1S/C21H21N7O4S2/c1-3-28-18(17-6-4-13-32-17)25-26-21(28)33-14(2)19(29)24-15-7-9-16(10-8-15)34(30,31)27-20-22-11-5-12-23-20/h4-14H,3H2,1-2H3,(H,24,29)(H,22,23,27)/t14-/m0/s1. The van der Waals surface area contributed by atoms with Gasteiger partial charge in [-0.1, -0.05) is 11.8 Å². The van der Waals surface area contributed by atoms with Gasteiger partial charge in [-0.15, -0.1) is 10.2 Å². The summed E-state index contributed by atoms with van der Waals surface area (Å²) in [5, 5.41) is 11.3. The molecule has 0 saturated heterocycles. The van der Waals surface area contributed by atoms with E-state index in [2.05, 4.69) is 30.2 Å². The number of hydrogen-bond donors (Lipinski definition) is 2. The van der Waals surface area contributed by atoms with Crippen molar-refractivity contribution in [1.29, 1.82) is 0 Å². The number of furan rings is 1. The number of anilines is 2. The largest absolute Gasteiger partial charge is 0.461 e. The van der Waals surface area contributed by atoms with Gasteiger partial charge in [-0.2, -0.15) is 0 Å². The highest BCUT2D eigenvalue weighted by atomic mass is 32.2. The average Bonchev–Trinajstić information content (AvgIpc) is 3.49. The second-order valence-corrected chi connectivity index (χ2v) is 9.97. The Hall–Kier alpha value is -3.71. The van der Waals surface area contributed by atoms with Crippen molar-refractivity contribution in [3.05, 3.63) is 61.1 Å². The van der Waals surface area contributed by atoms with E-state index in [0.29, 0.717) is 29.0 Å². The Morgan fingerprint density at radius 2 is 1.85 bits per heavy atom. The SMILES string of the molecule is CCn1c(S[C@@H](C)C(=O)Nc2ccc(S(=O)(=O)Nc3ncccn3)cc2)nnc1-c1ccco1. The first-order chi connectivity index (χ1) is 16.4. The zero-order valence-corrected chi connectivity index (χ0v) is 19.9. The van der Waals surface area contributed by atoms with Gasteiger partial charge in [-0.05, 0) is 56.3 Å². The number of carbonyl (C=O) groups excluding carboxylic acids is 1. The quantitative estimate of drug-likeness (QED) is 0.331. The number of hydrogen-bond acceptors (Lipinski definition) is 9. The number of nitrogens with one attached hydrogen (secondary N) is 2. The van der Waals surface area contributed by atoms with Crippen LogP contribution in [-0.2, 0) is 21.4 Å². The van der Waals surface area contributed by atoms with E-state index in [1.54, 1.807) is 31.4 Å². The highest BCUT2D eigenvalue weighted by Crippen LogP contribution is 2.27. The topological polar surface area (TPSA) is 145 Å². The summed E-state index contributed by atoms with van der Waals surface area (Å²) < 4.78 is 34.6. The molecule has 3 heterocycles. The smallest absolute Gasteiger partial charge is 0.264 e. The van der Waals surface area contributed by atoms with Crippen LogP contribution in [0.3, 0.4) is 0 Å². The van der Waals surface area contributed by atoms with Gasteiger partial charge in [0.2, 0.25) is 11.9 Å². The predicted octanol–water partition coefficient (Wildman–Crippen LogP) is 3.27. The molecule has 0 aliphatic heterocycles. The van der Waals surface area contributed by atoms with E-state index in [-0.39, 0.29) is 16.8 Å². The van der Waals surface area contributed by atoms with E-state index in [0.717, 1.165) is 0 Å². The van der Waals surface area contributed by atoms with E-state index in [1.807, 2.05) is 11.5 Å². The third-order valence-corrected chi connectivity index (χ3v) is 7.07. The molecule has 2 N–H and O–H groups in total. The fourth-order valence-electron chi connectivity index (χ4n) is 2.95. The van der Waals surface area contributed by atoms with Crippen molar-refractivity contribution < 1.29 is 17.6 Å². The van der Waals surface area contributed by atoms with Crippen molar-refractivity contribution in [3.8, 4) is 11.6 Å². The summed E-state index contributed by atoms with van der Waals surface area (Å²) in [5.41, 5.74) is 0.459. The molecule has 0 aliphatic rings. The highest BCUT2D eigenvalue weighted by molar-refractivity contribution is 8.00. The fourth-order valence-corrected chi connectivity index (χ4v) is 4.82. The summed E-state index contributed by atoms with van der Waals surface area (Å²) in [5.74, 6) is 0.901. The summed E-state index contributed by atoms with van der Waals surface area (Å²) in [6, 6.07) is 11.0. The number of nitrogens with zero attached hydrogens (tertiary/aromatic N) is 5. The van der Waals surface area contributed by atoms with Gasteiger partial charge in [0.05, 0.1) is 16.4 Å². The number of carbonyl (C=O) groups is 1. The average molecular weight is 500 g/mol. The first kappa shape index (κ1) is 23.4. The van der Waals surface area contributed by atoms with E-state index < -0.39 is 15.3 Å². The van der Waals surface area contributed by atoms with Crippen LogP contribution in [0.1, 0.15) is 13.8 Å². The van der Waals surface area contributed by atoms with Gasteiger partial charge >= 0.3 is 0 Å². The van der Waals surface area contributed by atoms with Gasteiger partial charge in [0, 0.05) is 24.6 Å². The molecule has 4 rings (SSSR count). The van der Waals surface area contributed by atoms with Crippen LogP contribution in [0, 0.1) is 0 Å². The van der Waals surface area contributed by atoms with Crippen molar-refractivity contribution in [3.63, 3.8) is 0 Å². The summed E-state index contributed by atoms with van der Waals surface area (Å²) >= 11 is 1.26. The van der Waals surface area contributed by atoms with Crippen molar-refractivity contribution in [2.24, 2.45) is 0 Å². The van der Waals surface area contributed by atoms with Gasteiger partial charge in [-0.25, -0.2) is 23.1 Å². The molecule has 3 aromatic heterocycles. The number of thioether (sulfide) groups is 1. The lowest BCUT2D eigenvalue weighted by molar-refractivity contribution is -0.115. The molecule has 1 amide bonds. The Morgan fingerprint density at radius 3 is 2.50 bits per heavy atom. The molecular formula is C21H21N7O4S2. The van der Waals surface area contributed by atoms with Crippen molar-refractivity contribution >= 4 is 39.3 Å². The van der Waals surface area contributed by atoms with E-state index in [1.165, 1.54) is 48.4 Å². The maximum absolute atomic E-state index is 12.7. The molecule has 1 atom stereocenters. The van der Waals surface area contributed by atoms with Gasteiger partial charge in [0.25, 0.3) is 10.0 Å². The normalized spacial score (nSPS) is 12.3. The summed E-state index contributed by atoms with van der Waals surface area (Å²) in [6.07, 6.45) is 4.43. The van der Waals surface area contributed by atoms with Crippen LogP contribution in [-0.4, -0.2) is 44.3 Å². The Labute approximate surface area is 200 Å². The summed E-state index contributed by atoms with van der Waals surface area (Å²) in [7, 11) is -3.86. The monoisotopic (exact) mass is 499 g/mol. The number of aromatic nitrogens is 5. The van der Waals surface area contributed by atoms with Crippen LogP contribution in [0.5, 0.6) is 0 Å². The minimum absolute atomic E-state index is 0.0156. The number of amides is 1. The molecule has 0 fully saturated rings. The third-order valence-electron chi connectivity index (χ3n) is 4.65. The molecule has 176 valence electrons. The van der Waals surface area contributed by atoms with E-state index >= 15 is 0 Å². The van der Waals surface area contributed by atoms with Gasteiger partial charge in [0.1, 0.15) is 0 Å². The predicted molar refractivity (Wildman–Crippen MR) is 127 cm³/mol. The molecule has 0 aliphatic carbocycles. The van der Waals surface area contributed by atoms with Crippen LogP contribution in [0.25, 0.3) is 11.6 Å². The van der Waals surface area contributed by atoms with Crippen LogP contribution >= 0.6 is 11.8 Å². The molecule has 0 bridgehead atoms. The zero-order valence-electron chi connectivity index (χ0n) is 18.2. The Morgan fingerprint density at radius 1 is 1.12 bits per heavy atom. The molecule has 0 spiro atoms. The number of rotatable bonds is 9. The Kier molecular flexibility index (Phi) is 6.93. The molecular weight excluding hydrogens is 478 g/mol. The molecule has 1 aromatic carbocycles. The van der Waals surface area contributed by atoms with Gasteiger partial charge < -0.3 is 9.73 Å². The first-order valence-electron chi connectivity index (χ1n) is 10.2. The van der Waals surface area contributed by atoms with Crippen molar-refractivity contribution in [2.75, 3.05) is 10.0 Å². The molecule has 4 aromatic rings. The van der Waals surface area contributed by atoms with Crippen LogP contribution < -0.4 is 10.0 Å². The van der Waals surface area contributed by atoms with Gasteiger partial charge in [-0.3, -0.25) is 9.36 Å². The molecule has 0 unspecified atom stereocenters.